The highest BCUT2D eigenvalue weighted by Gasteiger charge is 2.59. The van der Waals surface area contributed by atoms with Gasteiger partial charge in [-0.2, -0.15) is 0 Å². The molecule has 0 radical (unpaired) electrons. The Morgan fingerprint density at radius 3 is 2.06 bits per heavy atom. The van der Waals surface area contributed by atoms with Crippen molar-refractivity contribution in [2.24, 2.45) is 5.41 Å². The molecular weight excluding hydrogens is 420 g/mol. The molecule has 0 aliphatic heterocycles. The predicted octanol–water partition coefficient (Wildman–Crippen LogP) is 4.89. The van der Waals surface area contributed by atoms with Crippen LogP contribution in [0, 0.1) is 5.41 Å². The van der Waals surface area contributed by atoms with Crippen molar-refractivity contribution in [2.45, 2.75) is 44.6 Å². The first kappa shape index (κ1) is 23.1. The summed E-state index contributed by atoms with van der Waals surface area (Å²) in [6.07, 6.45) is -0.132. The number of methoxy groups -OCH3 is 1. The van der Waals surface area contributed by atoms with E-state index in [9.17, 15) is 19.6 Å². The van der Waals surface area contributed by atoms with Crippen molar-refractivity contribution in [3.63, 3.8) is 0 Å². The Labute approximate surface area is 186 Å². The largest absolute Gasteiger partial charge is 0.497 e. The van der Waals surface area contributed by atoms with Crippen molar-refractivity contribution in [3.8, 4) is 5.75 Å². The van der Waals surface area contributed by atoms with Gasteiger partial charge in [0.15, 0.2) is 17.3 Å². The van der Waals surface area contributed by atoms with Crippen LogP contribution in [0.25, 0.3) is 0 Å². The van der Waals surface area contributed by atoms with Crippen LogP contribution in [0.5, 0.6) is 5.75 Å². The Bertz CT molecular complexity index is 958. The Morgan fingerprint density at radius 1 is 1.03 bits per heavy atom. The van der Waals surface area contributed by atoms with E-state index in [4.69, 9.17) is 21.2 Å². The molecule has 0 heterocycles. The Kier molecular flexibility index (Phi) is 6.65. The third-order valence-electron chi connectivity index (χ3n) is 5.82. The molecule has 164 valence electrons. The third-order valence-corrected chi connectivity index (χ3v) is 6.07. The van der Waals surface area contributed by atoms with Gasteiger partial charge in [0, 0.05) is 35.8 Å². The zero-order valence-corrected chi connectivity index (χ0v) is 18.4. The maximum atomic E-state index is 13.2. The van der Waals surface area contributed by atoms with Gasteiger partial charge in [-0.25, -0.2) is 4.89 Å². The molecule has 0 bridgehead atoms. The summed E-state index contributed by atoms with van der Waals surface area (Å²) in [5.41, 5.74) is -1.81. The molecule has 1 aliphatic carbocycles. The summed E-state index contributed by atoms with van der Waals surface area (Å²) >= 11 is 6.00. The highest BCUT2D eigenvalue weighted by molar-refractivity contribution is 6.30. The standard InChI is InChI=1S/C24H25ClO6/c1-23(2)13-21(27)24(31-29,22(28)14-23)19(15-4-8-17(25)9-5-15)12-20(26)16-6-10-18(30-3)11-7-16/h4-11,19,29H,12-14H2,1-3H3. The highest BCUT2D eigenvalue weighted by atomic mass is 35.5. The van der Waals surface area contributed by atoms with E-state index in [1.165, 1.54) is 7.11 Å². The third kappa shape index (κ3) is 4.56. The molecule has 0 aromatic heterocycles. The van der Waals surface area contributed by atoms with E-state index < -0.39 is 28.5 Å². The molecule has 0 amide bonds. The number of benzene rings is 2. The maximum absolute atomic E-state index is 13.2. The second kappa shape index (κ2) is 8.91. The molecule has 1 fully saturated rings. The lowest BCUT2D eigenvalue weighted by molar-refractivity contribution is -0.309. The molecule has 1 N–H and O–H groups in total. The lowest BCUT2D eigenvalue weighted by atomic mass is 9.62. The summed E-state index contributed by atoms with van der Waals surface area (Å²) in [5.74, 6) is -1.80. The summed E-state index contributed by atoms with van der Waals surface area (Å²) in [6, 6.07) is 13.0. The number of hydrogen-bond donors (Lipinski definition) is 1. The van der Waals surface area contributed by atoms with Crippen molar-refractivity contribution in [3.05, 3.63) is 64.7 Å². The average molecular weight is 445 g/mol. The van der Waals surface area contributed by atoms with E-state index >= 15 is 0 Å². The SMILES string of the molecule is COc1ccc(C(=O)CC(c2ccc(Cl)cc2)C2(OO)C(=O)CC(C)(C)CC2=O)cc1. The molecule has 3 rings (SSSR count). The fourth-order valence-electron chi connectivity index (χ4n) is 4.18. The number of Topliss-reactive ketones (excluding diaryl/α,β-unsaturated/α-hetero) is 3. The van der Waals surface area contributed by atoms with Crippen LogP contribution in [-0.2, 0) is 14.5 Å². The second-order valence-corrected chi connectivity index (χ2v) is 9.09. The first-order chi connectivity index (χ1) is 14.6. The van der Waals surface area contributed by atoms with Gasteiger partial charge in [-0.1, -0.05) is 37.6 Å². The summed E-state index contributed by atoms with van der Waals surface area (Å²) in [7, 11) is 1.53. The summed E-state index contributed by atoms with van der Waals surface area (Å²) in [6.45, 7) is 3.62. The van der Waals surface area contributed by atoms with E-state index in [0.717, 1.165) is 0 Å². The molecule has 0 saturated heterocycles. The number of ketones is 3. The van der Waals surface area contributed by atoms with Gasteiger partial charge < -0.3 is 4.74 Å². The summed E-state index contributed by atoms with van der Waals surface area (Å²) in [4.78, 5) is 44.2. The number of halogens is 1. The zero-order valence-electron chi connectivity index (χ0n) is 17.7. The molecule has 2 aromatic rings. The van der Waals surface area contributed by atoms with Crippen molar-refractivity contribution in [1.82, 2.24) is 0 Å². The summed E-state index contributed by atoms with van der Waals surface area (Å²) < 4.78 is 5.12. The Hall–Kier alpha value is -2.54. The van der Waals surface area contributed by atoms with Crippen LogP contribution in [0.4, 0.5) is 0 Å². The molecule has 31 heavy (non-hydrogen) atoms. The summed E-state index contributed by atoms with van der Waals surface area (Å²) in [5, 5.41) is 10.4. The van der Waals surface area contributed by atoms with Gasteiger partial charge in [0.1, 0.15) is 5.75 Å². The molecule has 1 aliphatic rings. The molecule has 1 saturated carbocycles. The number of rotatable bonds is 7. The van der Waals surface area contributed by atoms with Crippen LogP contribution in [0.1, 0.15) is 54.9 Å². The van der Waals surface area contributed by atoms with Crippen LogP contribution < -0.4 is 4.74 Å². The second-order valence-electron chi connectivity index (χ2n) is 8.65. The Morgan fingerprint density at radius 2 is 1.58 bits per heavy atom. The van der Waals surface area contributed by atoms with Crippen molar-refractivity contribution in [1.29, 1.82) is 0 Å². The minimum Gasteiger partial charge on any atom is -0.497 e. The highest BCUT2D eigenvalue weighted by Crippen LogP contribution is 2.46. The normalized spacial score (nSPS) is 18.5. The lowest BCUT2D eigenvalue weighted by Crippen LogP contribution is -2.58. The van der Waals surface area contributed by atoms with Gasteiger partial charge in [0.25, 0.3) is 0 Å². The minimum absolute atomic E-state index is 0.0418. The van der Waals surface area contributed by atoms with Gasteiger partial charge in [-0.05, 0) is 47.4 Å². The zero-order chi connectivity index (χ0) is 22.8. The van der Waals surface area contributed by atoms with Gasteiger partial charge >= 0.3 is 0 Å². The topological polar surface area (TPSA) is 89.9 Å². The minimum atomic E-state index is -2.15. The van der Waals surface area contributed by atoms with Gasteiger partial charge in [-0.15, -0.1) is 0 Å². The fourth-order valence-corrected chi connectivity index (χ4v) is 4.30. The molecule has 6 nitrogen and oxygen atoms in total. The number of ether oxygens (including phenoxy) is 1. The van der Waals surface area contributed by atoms with Crippen molar-refractivity contribution in [2.75, 3.05) is 7.11 Å². The van der Waals surface area contributed by atoms with E-state index in [1.807, 2.05) is 13.8 Å². The molecular formula is C24H25ClO6. The molecule has 1 atom stereocenters. The number of carbonyl (C=O) groups excluding carboxylic acids is 3. The number of carbonyl (C=O) groups is 3. The number of hydrogen-bond acceptors (Lipinski definition) is 6. The lowest BCUT2D eigenvalue weighted by Gasteiger charge is -2.42. The van der Waals surface area contributed by atoms with Gasteiger partial charge in [-0.3, -0.25) is 19.6 Å². The molecule has 7 heteroatoms. The predicted molar refractivity (Wildman–Crippen MR) is 116 cm³/mol. The van der Waals surface area contributed by atoms with Crippen molar-refractivity contribution < 1.29 is 29.3 Å². The maximum Gasteiger partial charge on any atom is 0.225 e. The molecule has 2 aromatic carbocycles. The van der Waals surface area contributed by atoms with Crippen molar-refractivity contribution >= 4 is 29.0 Å². The van der Waals surface area contributed by atoms with Gasteiger partial charge in [0.05, 0.1) is 7.11 Å². The molecule has 0 spiro atoms. The van der Waals surface area contributed by atoms with E-state index in [-0.39, 0.29) is 25.0 Å². The van der Waals surface area contributed by atoms with Gasteiger partial charge in [0.2, 0.25) is 5.60 Å². The van der Waals surface area contributed by atoms with Crippen LogP contribution in [0.2, 0.25) is 5.02 Å². The molecule has 1 unspecified atom stereocenters. The first-order valence-corrected chi connectivity index (χ1v) is 10.3. The van der Waals surface area contributed by atoms with E-state index in [2.05, 4.69) is 0 Å². The van der Waals surface area contributed by atoms with Crippen LogP contribution in [0.3, 0.4) is 0 Å². The smallest absolute Gasteiger partial charge is 0.225 e. The van der Waals surface area contributed by atoms with E-state index in [0.29, 0.717) is 21.9 Å². The fraction of sp³-hybridized carbons (Fsp3) is 0.375. The van der Waals surface area contributed by atoms with E-state index in [1.54, 1.807) is 48.5 Å². The van der Waals surface area contributed by atoms with Crippen LogP contribution in [0.15, 0.2) is 48.5 Å². The van der Waals surface area contributed by atoms with Crippen LogP contribution in [-0.4, -0.2) is 35.3 Å². The Balaban J connectivity index is 2.05. The first-order valence-electron chi connectivity index (χ1n) is 9.95. The average Bonchev–Trinajstić information content (AvgIpc) is 2.73. The quantitative estimate of drug-likeness (QED) is 0.283. The monoisotopic (exact) mass is 444 g/mol. The van der Waals surface area contributed by atoms with Crippen LogP contribution >= 0.6 is 11.6 Å².